The van der Waals surface area contributed by atoms with Crippen LogP contribution in [0.3, 0.4) is 0 Å². The third kappa shape index (κ3) is 18.2. The van der Waals surface area contributed by atoms with E-state index < -0.39 is 0 Å². The monoisotopic (exact) mass is 1280 g/mol. The number of carbonyl (C=O) groups is 4. The fraction of sp³-hybridized carbons (Fsp3) is 0.159. The summed E-state index contributed by atoms with van der Waals surface area (Å²) in [4.78, 5) is 87.5. The number of pyridine rings is 6. The Morgan fingerprint density at radius 2 is 0.989 bits per heavy atom. The first-order chi connectivity index (χ1) is 44.9. The smallest absolute Gasteiger partial charge is 0.257 e. The van der Waals surface area contributed by atoms with Gasteiger partial charge in [0.1, 0.15) is 17.5 Å². The van der Waals surface area contributed by atoms with Gasteiger partial charge in [-0.15, -0.1) is 0 Å². The molecule has 92 heavy (non-hydrogen) atoms. The highest BCUT2D eigenvalue weighted by atomic mass is 35.5. The molecule has 10 aromatic rings. The fourth-order valence-corrected chi connectivity index (χ4v) is 10.2. The molecule has 7 aromatic heterocycles. The van der Waals surface area contributed by atoms with E-state index in [1.165, 1.54) is 5.57 Å². The molecule has 2 aliphatic heterocycles. The van der Waals surface area contributed by atoms with Crippen LogP contribution in [-0.4, -0.2) is 113 Å². The first-order valence-electron chi connectivity index (χ1n) is 29.5. The summed E-state index contributed by atoms with van der Waals surface area (Å²) in [6.07, 6.45) is 21.9. The Balaban J connectivity index is 0.000000151. The van der Waals surface area contributed by atoms with Gasteiger partial charge in [-0.25, -0.2) is 19.9 Å². The number of halogens is 3. The van der Waals surface area contributed by atoms with E-state index in [-0.39, 0.29) is 23.6 Å². The molecule has 0 bridgehead atoms. The number of imidazole rings is 1. The minimum atomic E-state index is -0.255. The minimum absolute atomic E-state index is 0.0908. The molecule has 23 heteroatoms. The SMILES string of the molecule is CC(=O)N1CCN(c2ccc(C(=O)Nc3ccc(Cl)c(-c4ccccn4)c3)cn2)CC1.O=C(Nc1ccc(Cl)c(-c2ccccn2)c1)c1ccc(NCCC2=CN=CC2)nc1.O=C(Nc1ccc(Cl)c(-c2ccccn2)c1)c1ccc(NCCCn2ccnc2)nc1. The second-order valence-electron chi connectivity index (χ2n) is 20.9. The van der Waals surface area contributed by atoms with E-state index >= 15 is 0 Å². The number of nitrogens with zero attached hydrogens (tertiary/aromatic N) is 11. The van der Waals surface area contributed by atoms with E-state index in [9.17, 15) is 19.2 Å². The maximum absolute atomic E-state index is 12.7. The molecule has 1 saturated heterocycles. The van der Waals surface area contributed by atoms with Gasteiger partial charge in [-0.3, -0.25) is 39.1 Å². The van der Waals surface area contributed by atoms with E-state index in [0.717, 1.165) is 103 Å². The van der Waals surface area contributed by atoms with Crippen molar-refractivity contribution >= 4 is 99.2 Å². The predicted octanol–water partition coefficient (Wildman–Crippen LogP) is 13.7. The number of benzene rings is 3. The first kappa shape index (κ1) is 64.3. The average molecular weight is 1290 g/mol. The number of hydrogen-bond donors (Lipinski definition) is 5. The Labute approximate surface area is 547 Å². The van der Waals surface area contributed by atoms with Crippen molar-refractivity contribution in [3.05, 3.63) is 245 Å². The van der Waals surface area contributed by atoms with Gasteiger partial charge in [0.15, 0.2) is 0 Å². The number of aryl methyl sites for hydroxylation is 1. The van der Waals surface area contributed by atoms with Crippen LogP contribution in [0, 0.1) is 0 Å². The second-order valence-corrected chi connectivity index (χ2v) is 22.2. The Kier molecular flexibility index (Phi) is 22.5. The number of piperazine rings is 1. The standard InChI is InChI=1S/C23H21ClN6O.C23H22ClN5O2.C23H20ClN5O/c24-20-7-6-18(14-19(20)21-4-1-2-9-26-21)29-23(31)17-5-8-22(28-15-17)27-10-3-12-30-13-11-25-16-30;1-16(30)28-10-12-29(13-11-28)22-8-5-17(15-26-22)23(31)27-18-6-7-20(24)19(14-18)21-4-2-3-9-25-21;24-20-6-5-18(13-19(20)21-3-1-2-10-26-21)29-23(30)17-4-7-22(28-15-17)27-12-9-16-8-11-25-14-16/h1-2,4-9,11,13-16H,3,10,12H2,(H,27,28)(H,29,31);2-9,14-15H,10-13H2,1H3,(H,27,31);1-7,10-11,13-15H,8-9,12H2,(H,27,28)(H,29,30). The maximum atomic E-state index is 12.7. The lowest BCUT2D eigenvalue weighted by Crippen LogP contribution is -2.48. The summed E-state index contributed by atoms with van der Waals surface area (Å²) >= 11 is 18.9. The van der Waals surface area contributed by atoms with Crippen molar-refractivity contribution in [1.82, 2.24) is 44.4 Å². The predicted molar refractivity (Wildman–Crippen MR) is 365 cm³/mol. The van der Waals surface area contributed by atoms with E-state index in [4.69, 9.17) is 34.8 Å². The average Bonchev–Trinajstić information content (AvgIpc) is 1.25. The molecule has 0 radical (unpaired) electrons. The lowest BCUT2D eigenvalue weighted by atomic mass is 10.1. The van der Waals surface area contributed by atoms with Crippen molar-refractivity contribution in [2.45, 2.75) is 32.7 Å². The molecule has 9 heterocycles. The van der Waals surface area contributed by atoms with Crippen molar-refractivity contribution in [2.24, 2.45) is 4.99 Å². The lowest BCUT2D eigenvalue weighted by molar-refractivity contribution is -0.129. The summed E-state index contributed by atoms with van der Waals surface area (Å²) in [6.45, 7) is 6.81. The number of nitrogens with one attached hydrogen (secondary N) is 5. The highest BCUT2D eigenvalue weighted by Crippen LogP contribution is 2.32. The number of carbonyl (C=O) groups excluding carboxylic acids is 4. The molecule has 0 unspecified atom stereocenters. The van der Waals surface area contributed by atoms with Crippen LogP contribution in [0.2, 0.25) is 15.1 Å². The zero-order chi connectivity index (χ0) is 64.0. The molecule has 0 aliphatic carbocycles. The summed E-state index contributed by atoms with van der Waals surface area (Å²) in [5.41, 5.74) is 9.09. The molecule has 2 aliphatic rings. The number of rotatable bonds is 19. The highest BCUT2D eigenvalue weighted by Gasteiger charge is 2.21. The fourth-order valence-electron chi connectivity index (χ4n) is 9.59. The molecule has 5 N–H and O–H groups in total. The molecule has 20 nitrogen and oxygen atoms in total. The van der Waals surface area contributed by atoms with Crippen molar-refractivity contribution in [3.8, 4) is 33.8 Å². The quantitative estimate of drug-likeness (QED) is 0.0473. The molecule has 1 fully saturated rings. The van der Waals surface area contributed by atoms with Crippen molar-refractivity contribution in [3.63, 3.8) is 0 Å². The van der Waals surface area contributed by atoms with E-state index in [2.05, 4.69) is 71.4 Å². The van der Waals surface area contributed by atoms with Gasteiger partial charge in [-0.05, 0) is 146 Å². The van der Waals surface area contributed by atoms with Crippen LogP contribution in [0.1, 0.15) is 57.3 Å². The Morgan fingerprint density at radius 3 is 1.38 bits per heavy atom. The van der Waals surface area contributed by atoms with E-state index in [1.54, 1.807) is 129 Å². The topological polar surface area (TPSA) is 242 Å². The molecule has 3 aromatic carbocycles. The largest absolute Gasteiger partial charge is 0.370 e. The first-order valence-corrected chi connectivity index (χ1v) is 30.6. The molecule has 12 rings (SSSR count). The summed E-state index contributed by atoms with van der Waals surface area (Å²) < 4.78 is 2.03. The van der Waals surface area contributed by atoms with Crippen LogP contribution >= 0.6 is 34.8 Å². The Morgan fingerprint density at radius 1 is 0.511 bits per heavy atom. The number of aromatic nitrogens is 8. The molecule has 4 amide bonds. The minimum Gasteiger partial charge on any atom is -0.370 e. The van der Waals surface area contributed by atoms with Crippen LogP contribution < -0.4 is 31.5 Å². The highest BCUT2D eigenvalue weighted by molar-refractivity contribution is 6.34. The second kappa shape index (κ2) is 32.2. The van der Waals surface area contributed by atoms with Crippen LogP contribution in [0.4, 0.5) is 34.5 Å². The summed E-state index contributed by atoms with van der Waals surface area (Å²) in [7, 11) is 0. The van der Waals surface area contributed by atoms with Gasteiger partial charge in [0, 0.05) is 155 Å². The number of hydrogen-bond acceptors (Lipinski definition) is 15. The zero-order valence-corrected chi connectivity index (χ0v) is 52.2. The molecule has 0 saturated carbocycles. The third-order valence-corrected chi connectivity index (χ3v) is 15.5. The van der Waals surface area contributed by atoms with Crippen LogP contribution in [0.25, 0.3) is 33.8 Å². The van der Waals surface area contributed by atoms with Crippen molar-refractivity contribution in [2.75, 3.05) is 70.8 Å². The van der Waals surface area contributed by atoms with Gasteiger partial charge in [0.2, 0.25) is 5.91 Å². The zero-order valence-electron chi connectivity index (χ0n) is 50.0. The summed E-state index contributed by atoms with van der Waals surface area (Å²) in [6, 6.07) is 43.4. The van der Waals surface area contributed by atoms with Crippen LogP contribution in [-0.2, 0) is 11.3 Å². The van der Waals surface area contributed by atoms with Crippen molar-refractivity contribution < 1.29 is 19.2 Å². The van der Waals surface area contributed by atoms with Crippen LogP contribution in [0.15, 0.2) is 218 Å². The Bertz CT molecular complexity index is 4160. The molecule has 0 spiro atoms. The normalized spacial score (nSPS) is 12.3. The summed E-state index contributed by atoms with van der Waals surface area (Å²) in [5, 5.41) is 16.9. The molecular formula is C69H63Cl3N16O4. The van der Waals surface area contributed by atoms with Gasteiger partial charge in [0.25, 0.3) is 17.7 Å². The van der Waals surface area contributed by atoms with Crippen molar-refractivity contribution in [1.29, 1.82) is 0 Å². The third-order valence-electron chi connectivity index (χ3n) is 14.5. The molecule has 0 atom stereocenters. The Hall–Kier alpha value is -10.7. The maximum Gasteiger partial charge on any atom is 0.257 e. The number of anilines is 6. The van der Waals surface area contributed by atoms with Crippen LogP contribution in [0.5, 0.6) is 0 Å². The summed E-state index contributed by atoms with van der Waals surface area (Å²) in [5.74, 6) is 1.61. The number of aliphatic imine (C=N–C) groups is 1. The molecular weight excluding hydrogens is 1220 g/mol. The van der Waals surface area contributed by atoms with E-state index in [0.29, 0.717) is 61.9 Å². The lowest BCUT2D eigenvalue weighted by Gasteiger charge is -2.34. The van der Waals surface area contributed by atoms with Gasteiger partial charge >= 0.3 is 0 Å². The van der Waals surface area contributed by atoms with Gasteiger partial charge in [0.05, 0.1) is 55.2 Å². The van der Waals surface area contributed by atoms with Gasteiger partial charge in [-0.2, -0.15) is 0 Å². The van der Waals surface area contributed by atoms with E-state index in [1.807, 2.05) is 101 Å². The molecule has 464 valence electrons. The number of amides is 4. The van der Waals surface area contributed by atoms with Gasteiger partial charge in [-0.1, -0.05) is 53.0 Å². The van der Waals surface area contributed by atoms with Gasteiger partial charge < -0.3 is 41.0 Å².